The zero-order valence-electron chi connectivity index (χ0n) is 19.1. The summed E-state index contributed by atoms with van der Waals surface area (Å²) in [5.74, 6) is -0.806. The number of benzene rings is 1. The van der Waals surface area contributed by atoms with Crippen LogP contribution in [0.5, 0.6) is 5.75 Å². The van der Waals surface area contributed by atoms with Gasteiger partial charge in [0.05, 0.1) is 24.0 Å². The van der Waals surface area contributed by atoms with E-state index in [1.54, 1.807) is 0 Å². The lowest BCUT2D eigenvalue weighted by atomic mass is 10.0. The van der Waals surface area contributed by atoms with E-state index < -0.39 is 35.7 Å². The van der Waals surface area contributed by atoms with Gasteiger partial charge in [-0.15, -0.1) is 0 Å². The molecule has 8 nitrogen and oxygen atoms in total. The average molecular weight is 518 g/mol. The molecule has 2 aromatic rings. The van der Waals surface area contributed by atoms with Crippen molar-refractivity contribution in [1.82, 2.24) is 14.9 Å². The molecule has 4 rings (SSSR count). The smallest absolute Gasteiger partial charge is 0.255 e. The fourth-order valence-electron chi connectivity index (χ4n) is 4.38. The number of anilines is 2. The van der Waals surface area contributed by atoms with Crippen molar-refractivity contribution >= 4 is 22.7 Å². The first-order valence-electron chi connectivity index (χ1n) is 11.3. The van der Waals surface area contributed by atoms with E-state index in [2.05, 4.69) is 10.3 Å². The Labute approximate surface area is 203 Å². The predicted molar refractivity (Wildman–Crippen MR) is 123 cm³/mol. The Bertz CT molecular complexity index is 1070. The van der Waals surface area contributed by atoms with E-state index in [-0.39, 0.29) is 29.6 Å². The number of ether oxygens (including phenoxy) is 1. The van der Waals surface area contributed by atoms with Crippen molar-refractivity contribution in [2.75, 3.05) is 42.3 Å². The second kappa shape index (κ2) is 11.0. The van der Waals surface area contributed by atoms with Gasteiger partial charge in [0, 0.05) is 45.0 Å². The average Bonchev–Trinajstić information content (AvgIpc) is 2.81. The van der Waals surface area contributed by atoms with Gasteiger partial charge in [0.25, 0.3) is 6.43 Å². The minimum atomic E-state index is -2.57. The highest BCUT2D eigenvalue weighted by Gasteiger charge is 2.31. The molecule has 2 N–H and O–H groups in total. The molecule has 0 aliphatic carbocycles. The second-order valence-electron chi connectivity index (χ2n) is 8.57. The van der Waals surface area contributed by atoms with Crippen LogP contribution in [-0.2, 0) is 17.5 Å². The summed E-state index contributed by atoms with van der Waals surface area (Å²) in [6, 6.07) is 2.89. The summed E-state index contributed by atoms with van der Waals surface area (Å²) in [4.78, 5) is 13.1. The van der Waals surface area contributed by atoms with Crippen LogP contribution in [0.2, 0.25) is 0 Å². The maximum absolute atomic E-state index is 14.0. The topological polar surface area (TPSA) is 90.8 Å². The molecule has 0 spiro atoms. The SMILES string of the molecule is CC1c2nc(N3CCC(Oc4ccc(F)cc4F)CC3)c(NCC(F)F)nc2CCN1CS(=O)O. The van der Waals surface area contributed by atoms with Crippen LogP contribution in [0.3, 0.4) is 0 Å². The summed E-state index contributed by atoms with van der Waals surface area (Å²) >= 11 is -2.00. The van der Waals surface area contributed by atoms with Crippen LogP contribution in [0.4, 0.5) is 29.2 Å². The van der Waals surface area contributed by atoms with E-state index in [1.807, 2.05) is 16.7 Å². The number of nitrogens with one attached hydrogen (secondary N) is 1. The number of fused-ring (bicyclic) bond motifs is 1. The van der Waals surface area contributed by atoms with Crippen LogP contribution < -0.4 is 15.0 Å². The molecule has 0 radical (unpaired) electrons. The Balaban J connectivity index is 1.52. The summed E-state index contributed by atoms with van der Waals surface area (Å²) in [7, 11) is 0. The molecule has 192 valence electrons. The third-order valence-electron chi connectivity index (χ3n) is 6.19. The second-order valence-corrected chi connectivity index (χ2v) is 9.47. The molecule has 0 bridgehead atoms. The van der Waals surface area contributed by atoms with Gasteiger partial charge < -0.3 is 19.5 Å². The van der Waals surface area contributed by atoms with Gasteiger partial charge >= 0.3 is 0 Å². The van der Waals surface area contributed by atoms with Crippen LogP contribution in [-0.4, -0.2) is 68.2 Å². The molecule has 2 aliphatic heterocycles. The minimum absolute atomic E-state index is 0.0205. The molecular weight excluding hydrogens is 490 g/mol. The number of alkyl halides is 2. The van der Waals surface area contributed by atoms with Crippen LogP contribution in [0, 0.1) is 11.6 Å². The molecule has 1 aromatic heterocycles. The van der Waals surface area contributed by atoms with Gasteiger partial charge in [-0.2, -0.15) is 0 Å². The van der Waals surface area contributed by atoms with E-state index in [0.717, 1.165) is 12.1 Å². The van der Waals surface area contributed by atoms with E-state index in [9.17, 15) is 26.3 Å². The number of rotatable bonds is 8. The van der Waals surface area contributed by atoms with Crippen molar-refractivity contribution in [2.45, 2.75) is 44.8 Å². The number of hydrogen-bond donors (Lipinski definition) is 2. The molecule has 1 fully saturated rings. The molecule has 0 saturated carbocycles. The summed E-state index contributed by atoms with van der Waals surface area (Å²) in [5.41, 5.74) is 1.31. The Morgan fingerprint density at radius 1 is 1.23 bits per heavy atom. The molecule has 2 atom stereocenters. The lowest BCUT2D eigenvalue weighted by Crippen LogP contribution is -2.41. The first-order valence-corrected chi connectivity index (χ1v) is 12.6. The number of nitrogens with zero attached hydrogens (tertiary/aromatic N) is 4. The van der Waals surface area contributed by atoms with Gasteiger partial charge in [-0.3, -0.25) is 4.90 Å². The van der Waals surface area contributed by atoms with Crippen LogP contribution in [0.15, 0.2) is 18.2 Å². The Morgan fingerprint density at radius 3 is 2.63 bits per heavy atom. The monoisotopic (exact) mass is 517 g/mol. The lowest BCUT2D eigenvalue weighted by molar-refractivity contribution is 0.162. The molecule has 35 heavy (non-hydrogen) atoms. The quantitative estimate of drug-likeness (QED) is 0.406. The zero-order valence-corrected chi connectivity index (χ0v) is 19.9. The third kappa shape index (κ3) is 6.19. The van der Waals surface area contributed by atoms with Gasteiger partial charge in [0.2, 0.25) is 0 Å². The van der Waals surface area contributed by atoms with E-state index in [4.69, 9.17) is 9.72 Å². The van der Waals surface area contributed by atoms with Gasteiger partial charge in [0.15, 0.2) is 34.3 Å². The largest absolute Gasteiger partial charge is 0.487 e. The molecular formula is C22H27F4N5O3S. The van der Waals surface area contributed by atoms with Gasteiger partial charge in [-0.1, -0.05) is 0 Å². The fourth-order valence-corrected chi connectivity index (χ4v) is 5.01. The van der Waals surface area contributed by atoms with E-state index >= 15 is 0 Å². The normalized spacial score (nSPS) is 20.1. The summed E-state index contributed by atoms with van der Waals surface area (Å²) in [5, 5.41) is 2.70. The maximum atomic E-state index is 14.0. The predicted octanol–water partition coefficient (Wildman–Crippen LogP) is 3.58. The van der Waals surface area contributed by atoms with Crippen molar-refractivity contribution in [2.24, 2.45) is 0 Å². The standard InChI is InChI=1S/C22H27F4N5O3S/c1-13-20-17(6-9-31(13)12-35(32)33)28-21(27-11-19(25)26)22(29-20)30-7-4-15(5-8-30)34-18-3-2-14(23)10-16(18)24/h2-3,10,13,15,19H,4-9,11-12H2,1H3,(H,27,28)(H,32,33). The highest BCUT2D eigenvalue weighted by molar-refractivity contribution is 7.79. The Hall–Kier alpha value is -2.51. The fraction of sp³-hybridized carbons (Fsp3) is 0.545. The molecule has 0 amide bonds. The summed E-state index contributed by atoms with van der Waals surface area (Å²) in [6.07, 6.45) is -1.38. The Morgan fingerprint density at radius 2 is 1.97 bits per heavy atom. The number of aromatic nitrogens is 2. The lowest BCUT2D eigenvalue weighted by Gasteiger charge is -2.36. The van der Waals surface area contributed by atoms with Gasteiger partial charge in [0.1, 0.15) is 17.8 Å². The van der Waals surface area contributed by atoms with Crippen LogP contribution in [0.25, 0.3) is 0 Å². The first kappa shape index (κ1) is 25.6. The first-order chi connectivity index (χ1) is 16.7. The van der Waals surface area contributed by atoms with Crippen molar-refractivity contribution in [1.29, 1.82) is 0 Å². The molecule has 13 heteroatoms. The number of halogens is 4. The molecule has 1 aromatic carbocycles. The number of hydrogen-bond acceptors (Lipinski definition) is 7. The molecule has 1 saturated heterocycles. The minimum Gasteiger partial charge on any atom is -0.487 e. The highest BCUT2D eigenvalue weighted by Crippen LogP contribution is 2.34. The third-order valence-corrected chi connectivity index (χ3v) is 6.74. The van der Waals surface area contributed by atoms with E-state index in [0.29, 0.717) is 56.1 Å². The number of piperidine rings is 1. The maximum Gasteiger partial charge on any atom is 0.255 e. The van der Waals surface area contributed by atoms with Crippen molar-refractivity contribution in [3.05, 3.63) is 41.2 Å². The summed E-state index contributed by atoms with van der Waals surface area (Å²) in [6.45, 7) is 2.72. The molecule has 2 aliphatic rings. The zero-order chi connectivity index (χ0) is 25.1. The van der Waals surface area contributed by atoms with Gasteiger partial charge in [-0.05, 0) is 19.1 Å². The summed E-state index contributed by atoms with van der Waals surface area (Å²) < 4.78 is 79.3. The van der Waals surface area contributed by atoms with Crippen LogP contribution in [0.1, 0.15) is 37.2 Å². The van der Waals surface area contributed by atoms with Crippen molar-refractivity contribution < 1.29 is 31.1 Å². The van der Waals surface area contributed by atoms with E-state index in [1.165, 1.54) is 6.07 Å². The highest BCUT2D eigenvalue weighted by atomic mass is 32.2. The Kier molecular flexibility index (Phi) is 8.07. The van der Waals surface area contributed by atoms with Crippen molar-refractivity contribution in [3.63, 3.8) is 0 Å². The molecule has 2 unspecified atom stereocenters. The van der Waals surface area contributed by atoms with Gasteiger partial charge in [-0.25, -0.2) is 31.7 Å². The van der Waals surface area contributed by atoms with Crippen LogP contribution >= 0.6 is 0 Å². The molecule has 3 heterocycles. The van der Waals surface area contributed by atoms with Crippen molar-refractivity contribution in [3.8, 4) is 5.75 Å².